The first-order valence-electron chi connectivity index (χ1n) is 7.88. The van der Waals surface area contributed by atoms with Crippen LogP contribution in [0.3, 0.4) is 0 Å². The van der Waals surface area contributed by atoms with Gasteiger partial charge >= 0.3 is 5.97 Å². The van der Waals surface area contributed by atoms with Crippen molar-refractivity contribution in [2.75, 3.05) is 13.2 Å². The van der Waals surface area contributed by atoms with E-state index in [0.29, 0.717) is 43.2 Å². The number of para-hydroxylation sites is 1. The van der Waals surface area contributed by atoms with Crippen LogP contribution in [0, 0.1) is 5.92 Å². The summed E-state index contributed by atoms with van der Waals surface area (Å²) in [4.78, 5) is 25.1. The Morgan fingerprint density at radius 1 is 1.35 bits per heavy atom. The number of carbonyl (C=O) groups is 2. The molecule has 2 unspecified atom stereocenters. The van der Waals surface area contributed by atoms with Crippen LogP contribution >= 0.6 is 11.6 Å². The van der Waals surface area contributed by atoms with E-state index >= 15 is 0 Å². The zero-order valence-corrected chi connectivity index (χ0v) is 14.0. The van der Waals surface area contributed by atoms with Gasteiger partial charge in [0.25, 0.3) is 0 Å². The molecule has 0 aliphatic carbocycles. The van der Waals surface area contributed by atoms with Crippen molar-refractivity contribution in [1.29, 1.82) is 0 Å². The van der Waals surface area contributed by atoms with Gasteiger partial charge in [-0.1, -0.05) is 23.7 Å². The summed E-state index contributed by atoms with van der Waals surface area (Å²) in [5.41, 5.74) is 0. The third-order valence-electron chi connectivity index (χ3n) is 4.18. The molecule has 126 valence electrons. The maximum absolute atomic E-state index is 12.3. The number of amides is 1. The van der Waals surface area contributed by atoms with Gasteiger partial charge in [0.1, 0.15) is 5.75 Å². The lowest BCUT2D eigenvalue weighted by Gasteiger charge is -2.36. The fourth-order valence-electron chi connectivity index (χ4n) is 2.77. The third kappa shape index (κ3) is 4.86. The summed E-state index contributed by atoms with van der Waals surface area (Å²) < 4.78 is 5.56. The molecule has 1 amide bonds. The van der Waals surface area contributed by atoms with Crippen LogP contribution in [0.5, 0.6) is 5.75 Å². The molecule has 23 heavy (non-hydrogen) atoms. The summed E-state index contributed by atoms with van der Waals surface area (Å²) in [6.45, 7) is 2.68. The molecule has 1 fully saturated rings. The molecule has 0 saturated carbocycles. The SMILES string of the molecule is CC1CCC(C(=O)O)CN1C(=O)CCCOc1ccccc1Cl. The molecule has 0 bridgehead atoms. The van der Waals surface area contributed by atoms with E-state index in [1.54, 1.807) is 17.0 Å². The van der Waals surface area contributed by atoms with Crippen LogP contribution in [0.4, 0.5) is 0 Å². The van der Waals surface area contributed by atoms with Crippen molar-refractivity contribution in [1.82, 2.24) is 4.90 Å². The summed E-state index contributed by atoms with van der Waals surface area (Å²) in [6, 6.07) is 7.31. The van der Waals surface area contributed by atoms with E-state index in [2.05, 4.69) is 0 Å². The number of halogens is 1. The first-order valence-corrected chi connectivity index (χ1v) is 8.26. The Balaban J connectivity index is 1.77. The molecular formula is C17H22ClNO4. The van der Waals surface area contributed by atoms with E-state index in [0.717, 1.165) is 6.42 Å². The number of carbonyl (C=O) groups excluding carboxylic acids is 1. The highest BCUT2D eigenvalue weighted by Crippen LogP contribution is 2.24. The fraction of sp³-hybridized carbons (Fsp3) is 0.529. The molecule has 0 radical (unpaired) electrons. The van der Waals surface area contributed by atoms with Crippen molar-refractivity contribution in [2.45, 2.75) is 38.6 Å². The number of nitrogens with zero attached hydrogens (tertiary/aromatic N) is 1. The largest absolute Gasteiger partial charge is 0.492 e. The molecule has 1 aliphatic heterocycles. The minimum atomic E-state index is -0.822. The van der Waals surface area contributed by atoms with Gasteiger partial charge in [-0.15, -0.1) is 0 Å². The maximum atomic E-state index is 12.3. The third-order valence-corrected chi connectivity index (χ3v) is 4.49. The zero-order chi connectivity index (χ0) is 16.8. The van der Waals surface area contributed by atoms with E-state index in [4.69, 9.17) is 21.4 Å². The summed E-state index contributed by atoms with van der Waals surface area (Å²) in [6.07, 6.45) is 2.29. The van der Waals surface area contributed by atoms with Crippen LogP contribution in [0.1, 0.15) is 32.6 Å². The Kier molecular flexibility index (Phi) is 6.28. The molecule has 2 atom stereocenters. The number of benzene rings is 1. The second kappa shape index (κ2) is 8.20. The minimum absolute atomic E-state index is 0.00814. The van der Waals surface area contributed by atoms with Gasteiger partial charge in [-0.2, -0.15) is 0 Å². The predicted octanol–water partition coefficient (Wildman–Crippen LogP) is 3.21. The number of piperidine rings is 1. The monoisotopic (exact) mass is 339 g/mol. The van der Waals surface area contributed by atoms with E-state index < -0.39 is 11.9 Å². The quantitative estimate of drug-likeness (QED) is 0.808. The van der Waals surface area contributed by atoms with Crippen LogP contribution in [0.2, 0.25) is 5.02 Å². The van der Waals surface area contributed by atoms with Gasteiger partial charge in [0.05, 0.1) is 17.5 Å². The molecule has 1 heterocycles. The summed E-state index contributed by atoms with van der Waals surface area (Å²) >= 11 is 6.00. The van der Waals surface area contributed by atoms with Crippen molar-refractivity contribution in [3.05, 3.63) is 29.3 Å². The molecule has 6 heteroatoms. The molecule has 0 spiro atoms. The highest BCUT2D eigenvalue weighted by atomic mass is 35.5. The average molecular weight is 340 g/mol. The molecule has 2 rings (SSSR count). The normalized spacial score (nSPS) is 21.0. The van der Waals surface area contributed by atoms with Gasteiger partial charge < -0.3 is 14.7 Å². The van der Waals surface area contributed by atoms with E-state index in [9.17, 15) is 9.59 Å². The summed E-state index contributed by atoms with van der Waals surface area (Å²) in [5, 5.41) is 9.67. The number of ether oxygens (including phenoxy) is 1. The van der Waals surface area contributed by atoms with Gasteiger partial charge in [0, 0.05) is 19.0 Å². The minimum Gasteiger partial charge on any atom is -0.492 e. The van der Waals surface area contributed by atoms with E-state index in [1.165, 1.54) is 0 Å². The van der Waals surface area contributed by atoms with E-state index in [-0.39, 0.29) is 11.9 Å². The van der Waals surface area contributed by atoms with Crippen LogP contribution < -0.4 is 4.74 Å². The highest BCUT2D eigenvalue weighted by Gasteiger charge is 2.32. The Morgan fingerprint density at radius 2 is 2.09 bits per heavy atom. The number of hydrogen-bond acceptors (Lipinski definition) is 3. The van der Waals surface area contributed by atoms with Gasteiger partial charge in [-0.3, -0.25) is 9.59 Å². The molecule has 1 aromatic carbocycles. The number of carboxylic acids is 1. The smallest absolute Gasteiger partial charge is 0.308 e. The first-order chi connectivity index (χ1) is 11.0. The van der Waals surface area contributed by atoms with Crippen molar-refractivity contribution in [3.8, 4) is 5.75 Å². The summed E-state index contributed by atoms with van der Waals surface area (Å²) in [7, 11) is 0. The molecule has 1 aliphatic rings. The van der Waals surface area contributed by atoms with Gasteiger partial charge in [0.2, 0.25) is 5.91 Å². The maximum Gasteiger partial charge on any atom is 0.308 e. The van der Waals surface area contributed by atoms with Crippen molar-refractivity contribution >= 4 is 23.5 Å². The Bertz CT molecular complexity index is 563. The first kappa shape index (κ1) is 17.6. The Hall–Kier alpha value is -1.75. The second-order valence-electron chi connectivity index (χ2n) is 5.89. The average Bonchev–Trinajstić information content (AvgIpc) is 2.53. The van der Waals surface area contributed by atoms with Gasteiger partial charge in [0.15, 0.2) is 0 Å². The summed E-state index contributed by atoms with van der Waals surface area (Å²) in [5.74, 6) is -0.670. The molecule has 1 N–H and O–H groups in total. The lowest BCUT2D eigenvalue weighted by molar-refractivity contribution is -0.147. The van der Waals surface area contributed by atoms with Gasteiger partial charge in [-0.25, -0.2) is 0 Å². The van der Waals surface area contributed by atoms with Crippen LogP contribution in [-0.2, 0) is 9.59 Å². The molecular weight excluding hydrogens is 318 g/mol. The standard InChI is InChI=1S/C17H22ClNO4/c1-12-8-9-13(17(21)22)11-19(12)16(20)7-4-10-23-15-6-3-2-5-14(15)18/h2-3,5-6,12-13H,4,7-11H2,1H3,(H,21,22). The number of carboxylic acid groups (broad SMARTS) is 1. The number of hydrogen-bond donors (Lipinski definition) is 1. The predicted molar refractivity (Wildman–Crippen MR) is 87.7 cm³/mol. The number of rotatable bonds is 6. The van der Waals surface area contributed by atoms with Crippen molar-refractivity contribution in [3.63, 3.8) is 0 Å². The fourth-order valence-corrected chi connectivity index (χ4v) is 2.96. The van der Waals surface area contributed by atoms with Crippen LogP contribution in [0.25, 0.3) is 0 Å². The highest BCUT2D eigenvalue weighted by molar-refractivity contribution is 6.32. The molecule has 1 aromatic rings. The van der Waals surface area contributed by atoms with Crippen LogP contribution in [-0.4, -0.2) is 41.1 Å². The molecule has 0 aromatic heterocycles. The van der Waals surface area contributed by atoms with Gasteiger partial charge in [-0.05, 0) is 38.3 Å². The lowest BCUT2D eigenvalue weighted by atomic mass is 9.93. The van der Waals surface area contributed by atoms with E-state index in [1.807, 2.05) is 19.1 Å². The lowest BCUT2D eigenvalue weighted by Crippen LogP contribution is -2.47. The zero-order valence-electron chi connectivity index (χ0n) is 13.2. The molecule has 1 saturated heterocycles. The Labute approximate surface area is 141 Å². The second-order valence-corrected chi connectivity index (χ2v) is 6.30. The van der Waals surface area contributed by atoms with Crippen molar-refractivity contribution in [2.24, 2.45) is 5.92 Å². The topological polar surface area (TPSA) is 66.8 Å². The van der Waals surface area contributed by atoms with Crippen LogP contribution in [0.15, 0.2) is 24.3 Å². The number of aliphatic carboxylic acids is 1. The number of likely N-dealkylation sites (tertiary alicyclic amines) is 1. The Morgan fingerprint density at radius 3 is 2.78 bits per heavy atom. The molecule has 5 nitrogen and oxygen atoms in total. The van der Waals surface area contributed by atoms with Crippen molar-refractivity contribution < 1.29 is 19.4 Å².